The number of carbonyl (C=O) groups excluding carboxylic acids is 1. The summed E-state index contributed by atoms with van der Waals surface area (Å²) < 4.78 is 0. The van der Waals surface area contributed by atoms with Crippen molar-refractivity contribution in [3.05, 3.63) is 0 Å². The van der Waals surface area contributed by atoms with Crippen LogP contribution in [-0.2, 0) is 4.79 Å². The molecule has 1 aliphatic heterocycles. The first-order valence-electron chi connectivity index (χ1n) is 5.70. The minimum Gasteiger partial charge on any atom is -0.301 e. The van der Waals surface area contributed by atoms with Gasteiger partial charge in [0.2, 0.25) is 5.91 Å². The van der Waals surface area contributed by atoms with E-state index in [1.165, 1.54) is 0 Å². The van der Waals surface area contributed by atoms with Gasteiger partial charge in [0.15, 0.2) is 0 Å². The van der Waals surface area contributed by atoms with E-state index in [4.69, 9.17) is 5.84 Å². The lowest BCUT2D eigenvalue weighted by atomic mass is 10.2. The summed E-state index contributed by atoms with van der Waals surface area (Å²) in [5.41, 5.74) is 2.15. The van der Waals surface area contributed by atoms with Gasteiger partial charge in [-0.25, -0.2) is 5.84 Å². The van der Waals surface area contributed by atoms with Gasteiger partial charge in [0.25, 0.3) is 0 Å². The van der Waals surface area contributed by atoms with Gasteiger partial charge in [-0.05, 0) is 19.5 Å². The number of piperazine rings is 1. The van der Waals surface area contributed by atoms with Crippen molar-refractivity contribution in [2.45, 2.75) is 19.8 Å². The van der Waals surface area contributed by atoms with Crippen molar-refractivity contribution < 1.29 is 4.79 Å². The molecule has 15 heavy (non-hydrogen) atoms. The topological polar surface area (TPSA) is 61.6 Å². The first kappa shape index (κ1) is 12.4. The maximum absolute atomic E-state index is 10.9. The lowest BCUT2D eigenvalue weighted by Gasteiger charge is -2.33. The standard InChI is InChI=1S/C10H22N4O/c1-2-13-6-8-14(9-7-13)5-3-4-10(15)12-11/h2-9,11H2,1H3,(H,12,15). The fraction of sp³-hybridized carbons (Fsp3) is 0.900. The second kappa shape index (κ2) is 6.76. The van der Waals surface area contributed by atoms with Gasteiger partial charge in [0, 0.05) is 32.6 Å². The number of nitrogens with two attached hydrogens (primary N) is 1. The number of rotatable bonds is 5. The van der Waals surface area contributed by atoms with Gasteiger partial charge in [-0.15, -0.1) is 0 Å². The van der Waals surface area contributed by atoms with Gasteiger partial charge >= 0.3 is 0 Å². The molecule has 1 aliphatic rings. The zero-order chi connectivity index (χ0) is 11.1. The van der Waals surface area contributed by atoms with Crippen molar-refractivity contribution >= 4 is 5.91 Å². The van der Waals surface area contributed by atoms with Crippen LogP contribution in [0.1, 0.15) is 19.8 Å². The number of hydrogen-bond donors (Lipinski definition) is 2. The monoisotopic (exact) mass is 214 g/mol. The summed E-state index contributed by atoms with van der Waals surface area (Å²) in [7, 11) is 0. The first-order chi connectivity index (χ1) is 7.26. The van der Waals surface area contributed by atoms with Crippen molar-refractivity contribution in [1.82, 2.24) is 15.2 Å². The molecule has 3 N–H and O–H groups in total. The molecule has 0 unspecified atom stereocenters. The fourth-order valence-corrected chi connectivity index (χ4v) is 1.86. The summed E-state index contributed by atoms with van der Waals surface area (Å²) >= 11 is 0. The van der Waals surface area contributed by atoms with Crippen LogP contribution < -0.4 is 11.3 Å². The van der Waals surface area contributed by atoms with E-state index in [0.29, 0.717) is 6.42 Å². The largest absolute Gasteiger partial charge is 0.301 e. The summed E-state index contributed by atoms with van der Waals surface area (Å²) in [6.07, 6.45) is 1.43. The molecule has 5 heteroatoms. The van der Waals surface area contributed by atoms with Crippen LogP contribution in [-0.4, -0.2) is 55.0 Å². The molecule has 1 fully saturated rings. The second-order valence-corrected chi connectivity index (χ2v) is 3.95. The average Bonchev–Trinajstić information content (AvgIpc) is 2.29. The minimum absolute atomic E-state index is 0.0674. The molecule has 0 aromatic carbocycles. The molecule has 5 nitrogen and oxygen atoms in total. The van der Waals surface area contributed by atoms with Gasteiger partial charge in [-0.1, -0.05) is 6.92 Å². The van der Waals surface area contributed by atoms with Gasteiger partial charge in [-0.3, -0.25) is 10.2 Å². The van der Waals surface area contributed by atoms with Crippen LogP contribution >= 0.6 is 0 Å². The molecule has 0 aromatic rings. The molecule has 1 saturated heterocycles. The molecule has 0 spiro atoms. The van der Waals surface area contributed by atoms with Crippen LogP contribution in [0, 0.1) is 0 Å². The third-order valence-corrected chi connectivity index (χ3v) is 2.95. The molecule has 0 aliphatic carbocycles. The highest BCUT2D eigenvalue weighted by Crippen LogP contribution is 2.02. The zero-order valence-electron chi connectivity index (χ0n) is 9.54. The van der Waals surface area contributed by atoms with E-state index in [0.717, 1.165) is 45.7 Å². The van der Waals surface area contributed by atoms with E-state index in [-0.39, 0.29) is 5.91 Å². The molecule has 0 bridgehead atoms. The SMILES string of the molecule is CCN1CCN(CCCC(=O)NN)CC1. The third kappa shape index (κ3) is 4.59. The van der Waals surface area contributed by atoms with Crippen molar-refractivity contribution in [1.29, 1.82) is 0 Å². The Labute approximate surface area is 91.6 Å². The minimum atomic E-state index is -0.0674. The summed E-state index contributed by atoms with van der Waals surface area (Å²) in [4.78, 5) is 15.7. The fourth-order valence-electron chi connectivity index (χ4n) is 1.86. The molecule has 88 valence electrons. The highest BCUT2D eigenvalue weighted by Gasteiger charge is 2.14. The summed E-state index contributed by atoms with van der Waals surface area (Å²) in [6.45, 7) is 8.89. The Balaban J connectivity index is 2.06. The smallest absolute Gasteiger partial charge is 0.233 e. The second-order valence-electron chi connectivity index (χ2n) is 3.95. The normalized spacial score (nSPS) is 19.1. The Morgan fingerprint density at radius 2 is 1.87 bits per heavy atom. The number of likely N-dealkylation sites (N-methyl/N-ethyl adjacent to an activating group) is 1. The average molecular weight is 214 g/mol. The number of nitrogens with zero attached hydrogens (tertiary/aromatic N) is 2. The quantitative estimate of drug-likeness (QED) is 0.364. The van der Waals surface area contributed by atoms with Crippen LogP contribution in [0.5, 0.6) is 0 Å². The van der Waals surface area contributed by atoms with Gasteiger partial charge < -0.3 is 9.80 Å². The maximum Gasteiger partial charge on any atom is 0.233 e. The van der Waals surface area contributed by atoms with Crippen LogP contribution in [0.15, 0.2) is 0 Å². The van der Waals surface area contributed by atoms with E-state index in [2.05, 4.69) is 22.1 Å². The predicted octanol–water partition coefficient (Wildman–Crippen LogP) is -0.606. The van der Waals surface area contributed by atoms with Crippen molar-refractivity contribution in [3.63, 3.8) is 0 Å². The number of amides is 1. The number of nitrogens with one attached hydrogen (secondary N) is 1. The summed E-state index contributed by atoms with van der Waals surface area (Å²) in [6, 6.07) is 0. The molecule has 1 heterocycles. The maximum atomic E-state index is 10.9. The highest BCUT2D eigenvalue weighted by atomic mass is 16.2. The number of hydrazine groups is 1. The van der Waals surface area contributed by atoms with Crippen LogP contribution in [0.4, 0.5) is 0 Å². The lowest BCUT2D eigenvalue weighted by Crippen LogP contribution is -2.46. The molecular weight excluding hydrogens is 192 g/mol. The lowest BCUT2D eigenvalue weighted by molar-refractivity contribution is -0.121. The van der Waals surface area contributed by atoms with E-state index in [1.807, 2.05) is 0 Å². The van der Waals surface area contributed by atoms with Crippen molar-refractivity contribution in [3.8, 4) is 0 Å². The summed E-state index contributed by atoms with van der Waals surface area (Å²) in [5, 5.41) is 0. The molecule has 1 rings (SSSR count). The number of hydrogen-bond acceptors (Lipinski definition) is 4. The molecular formula is C10H22N4O. The molecule has 1 amide bonds. The van der Waals surface area contributed by atoms with E-state index in [1.54, 1.807) is 0 Å². The molecule has 0 atom stereocenters. The van der Waals surface area contributed by atoms with Crippen LogP contribution in [0.3, 0.4) is 0 Å². The zero-order valence-corrected chi connectivity index (χ0v) is 9.54. The van der Waals surface area contributed by atoms with E-state index < -0.39 is 0 Å². The molecule has 0 aromatic heterocycles. The van der Waals surface area contributed by atoms with Crippen LogP contribution in [0.25, 0.3) is 0 Å². The van der Waals surface area contributed by atoms with E-state index >= 15 is 0 Å². The first-order valence-corrected chi connectivity index (χ1v) is 5.70. The highest BCUT2D eigenvalue weighted by molar-refractivity contribution is 5.75. The van der Waals surface area contributed by atoms with Gasteiger partial charge in [0.1, 0.15) is 0 Å². The Hall–Kier alpha value is -0.650. The van der Waals surface area contributed by atoms with Gasteiger partial charge in [0.05, 0.1) is 0 Å². The predicted molar refractivity (Wildman–Crippen MR) is 60.1 cm³/mol. The van der Waals surface area contributed by atoms with E-state index in [9.17, 15) is 4.79 Å². The Morgan fingerprint density at radius 3 is 2.40 bits per heavy atom. The van der Waals surface area contributed by atoms with Crippen LogP contribution in [0.2, 0.25) is 0 Å². The Morgan fingerprint density at radius 1 is 1.27 bits per heavy atom. The third-order valence-electron chi connectivity index (χ3n) is 2.95. The Kier molecular flexibility index (Phi) is 5.60. The summed E-state index contributed by atoms with van der Waals surface area (Å²) in [5.74, 6) is 4.94. The molecule has 0 saturated carbocycles. The van der Waals surface area contributed by atoms with Crippen molar-refractivity contribution in [2.75, 3.05) is 39.3 Å². The molecule has 0 radical (unpaired) electrons. The van der Waals surface area contributed by atoms with Crippen molar-refractivity contribution in [2.24, 2.45) is 5.84 Å². The number of carbonyl (C=O) groups is 1. The van der Waals surface area contributed by atoms with Gasteiger partial charge in [-0.2, -0.15) is 0 Å². The Bertz CT molecular complexity index is 190.